The zero-order chi connectivity index (χ0) is 14.8. The zero-order valence-corrected chi connectivity index (χ0v) is 12.6. The van der Waals surface area contributed by atoms with Gasteiger partial charge in [0.25, 0.3) is 0 Å². The lowest BCUT2D eigenvalue weighted by molar-refractivity contribution is 0.0929. The molecule has 0 atom stereocenters. The first-order chi connectivity index (χ1) is 9.37. The maximum atomic E-state index is 13.6. The molecule has 0 aliphatic carbocycles. The van der Waals surface area contributed by atoms with E-state index < -0.39 is 11.6 Å². The van der Waals surface area contributed by atoms with E-state index in [1.165, 1.54) is 0 Å². The van der Waals surface area contributed by atoms with Gasteiger partial charge in [0.1, 0.15) is 11.6 Å². The Bertz CT molecular complexity index is 505. The SMILES string of the molecule is CC1(C)CCN(CC(=O)c2cc(F)ccc2F)CCS1. The largest absolute Gasteiger partial charge is 0.295 e. The van der Waals surface area contributed by atoms with Crippen molar-refractivity contribution in [3.8, 4) is 0 Å². The lowest BCUT2D eigenvalue weighted by Gasteiger charge is -2.22. The Hall–Kier alpha value is -0.940. The van der Waals surface area contributed by atoms with Crippen LogP contribution in [0.3, 0.4) is 0 Å². The van der Waals surface area contributed by atoms with E-state index in [0.29, 0.717) is 0 Å². The van der Waals surface area contributed by atoms with Crippen LogP contribution in [0.1, 0.15) is 30.6 Å². The van der Waals surface area contributed by atoms with E-state index in [2.05, 4.69) is 13.8 Å². The number of hydrogen-bond acceptors (Lipinski definition) is 3. The van der Waals surface area contributed by atoms with Crippen molar-refractivity contribution in [1.29, 1.82) is 0 Å². The molecule has 1 saturated heterocycles. The van der Waals surface area contributed by atoms with Gasteiger partial charge in [-0.3, -0.25) is 9.69 Å². The number of benzene rings is 1. The van der Waals surface area contributed by atoms with Gasteiger partial charge < -0.3 is 0 Å². The molecule has 1 aromatic carbocycles. The van der Waals surface area contributed by atoms with E-state index in [-0.39, 0.29) is 22.6 Å². The summed E-state index contributed by atoms with van der Waals surface area (Å²) in [6, 6.07) is 3.01. The third kappa shape index (κ3) is 4.03. The molecular formula is C15H19F2NOS. The minimum absolute atomic E-state index is 0.150. The van der Waals surface area contributed by atoms with Crippen LogP contribution in [0.2, 0.25) is 0 Å². The quantitative estimate of drug-likeness (QED) is 0.798. The smallest absolute Gasteiger partial charge is 0.179 e. The molecule has 1 fully saturated rings. The summed E-state index contributed by atoms with van der Waals surface area (Å²) in [5, 5.41) is 0. The summed E-state index contributed by atoms with van der Waals surface area (Å²) in [6.45, 7) is 6.14. The van der Waals surface area contributed by atoms with E-state index in [1.54, 1.807) is 0 Å². The second-order valence-corrected chi connectivity index (χ2v) is 7.48. The Morgan fingerprint density at radius 1 is 1.35 bits per heavy atom. The van der Waals surface area contributed by atoms with Crippen LogP contribution in [0.25, 0.3) is 0 Å². The number of nitrogens with zero attached hydrogens (tertiary/aromatic N) is 1. The number of hydrogen-bond donors (Lipinski definition) is 0. The minimum Gasteiger partial charge on any atom is -0.295 e. The van der Waals surface area contributed by atoms with Gasteiger partial charge >= 0.3 is 0 Å². The fraction of sp³-hybridized carbons (Fsp3) is 0.533. The molecule has 1 aliphatic rings. The molecule has 2 nitrogen and oxygen atoms in total. The molecule has 5 heteroatoms. The minimum atomic E-state index is -0.652. The van der Waals surface area contributed by atoms with Crippen LogP contribution < -0.4 is 0 Å². The van der Waals surface area contributed by atoms with Gasteiger partial charge in [-0.25, -0.2) is 8.78 Å². The molecule has 0 radical (unpaired) electrons. The number of rotatable bonds is 3. The Morgan fingerprint density at radius 2 is 2.10 bits per heavy atom. The van der Waals surface area contributed by atoms with Crippen LogP contribution in [-0.4, -0.2) is 40.8 Å². The molecule has 0 amide bonds. The molecule has 0 unspecified atom stereocenters. The van der Waals surface area contributed by atoms with E-state index in [1.807, 2.05) is 16.7 Å². The van der Waals surface area contributed by atoms with E-state index in [4.69, 9.17) is 0 Å². The molecule has 0 spiro atoms. The standard InChI is InChI=1S/C15H19F2NOS/c1-15(2)5-6-18(7-8-20-15)10-14(19)12-9-11(16)3-4-13(12)17/h3-4,9H,5-8,10H2,1-2H3. The summed E-state index contributed by atoms with van der Waals surface area (Å²) in [5.41, 5.74) is -0.152. The lowest BCUT2D eigenvalue weighted by Crippen LogP contribution is -2.33. The van der Waals surface area contributed by atoms with Crippen molar-refractivity contribution in [2.45, 2.75) is 25.0 Å². The lowest BCUT2D eigenvalue weighted by atomic mass is 10.1. The molecular weight excluding hydrogens is 280 g/mol. The highest BCUT2D eigenvalue weighted by atomic mass is 32.2. The third-order valence-corrected chi connectivity index (χ3v) is 4.90. The van der Waals surface area contributed by atoms with Crippen LogP contribution >= 0.6 is 11.8 Å². The van der Waals surface area contributed by atoms with Gasteiger partial charge in [0, 0.05) is 17.0 Å². The third-order valence-electron chi connectivity index (χ3n) is 3.53. The maximum Gasteiger partial charge on any atom is 0.179 e. The summed E-state index contributed by atoms with van der Waals surface area (Å²) in [6.07, 6.45) is 0.983. The van der Waals surface area contributed by atoms with E-state index in [0.717, 1.165) is 43.5 Å². The second-order valence-electron chi connectivity index (χ2n) is 5.68. The number of thioether (sulfide) groups is 1. The fourth-order valence-corrected chi connectivity index (χ4v) is 3.36. The first kappa shape index (κ1) is 15.4. The van der Waals surface area contributed by atoms with E-state index >= 15 is 0 Å². The molecule has 1 heterocycles. The molecule has 0 aromatic heterocycles. The van der Waals surface area contributed by atoms with Gasteiger partial charge in [-0.1, -0.05) is 13.8 Å². The van der Waals surface area contributed by atoms with Crippen molar-refractivity contribution in [3.05, 3.63) is 35.4 Å². The molecule has 2 rings (SSSR count). The summed E-state index contributed by atoms with van der Waals surface area (Å²) < 4.78 is 26.9. The van der Waals surface area contributed by atoms with Gasteiger partial charge in [0.2, 0.25) is 0 Å². The molecule has 20 heavy (non-hydrogen) atoms. The number of halogens is 2. The Kier molecular flexibility index (Phi) is 4.81. The van der Waals surface area contributed by atoms with E-state index in [9.17, 15) is 13.6 Å². The Morgan fingerprint density at radius 3 is 2.85 bits per heavy atom. The van der Waals surface area contributed by atoms with Crippen molar-refractivity contribution in [2.24, 2.45) is 0 Å². The van der Waals surface area contributed by atoms with Crippen molar-refractivity contribution >= 4 is 17.5 Å². The fourth-order valence-electron chi connectivity index (χ4n) is 2.22. The first-order valence-corrected chi connectivity index (χ1v) is 7.70. The number of ketones is 1. The summed E-state index contributed by atoms with van der Waals surface area (Å²) in [5.74, 6) is -0.638. The molecule has 0 saturated carbocycles. The highest BCUT2D eigenvalue weighted by Gasteiger charge is 2.25. The van der Waals surface area contributed by atoms with Crippen molar-refractivity contribution < 1.29 is 13.6 Å². The number of carbonyl (C=O) groups excluding carboxylic acids is 1. The topological polar surface area (TPSA) is 20.3 Å². The summed E-state index contributed by atoms with van der Waals surface area (Å²) >= 11 is 1.89. The Labute approximate surface area is 122 Å². The van der Waals surface area contributed by atoms with Crippen LogP contribution in [0.15, 0.2) is 18.2 Å². The predicted octanol–water partition coefficient (Wildman–Crippen LogP) is 3.37. The summed E-state index contributed by atoms with van der Waals surface area (Å²) in [7, 11) is 0. The van der Waals surface area contributed by atoms with Gasteiger partial charge in [0.15, 0.2) is 5.78 Å². The van der Waals surface area contributed by atoms with Crippen molar-refractivity contribution in [2.75, 3.05) is 25.4 Å². The zero-order valence-electron chi connectivity index (χ0n) is 11.8. The van der Waals surface area contributed by atoms with Gasteiger partial charge in [-0.05, 0) is 31.2 Å². The molecule has 0 N–H and O–H groups in total. The van der Waals surface area contributed by atoms with Gasteiger partial charge in [-0.2, -0.15) is 11.8 Å². The van der Waals surface area contributed by atoms with Gasteiger partial charge in [-0.15, -0.1) is 0 Å². The predicted molar refractivity (Wildman–Crippen MR) is 78.3 cm³/mol. The normalized spacial score (nSPS) is 19.6. The molecule has 1 aliphatic heterocycles. The number of Topliss-reactive ketones (excluding diaryl/α,β-unsaturated/α-hetero) is 1. The van der Waals surface area contributed by atoms with Crippen molar-refractivity contribution in [1.82, 2.24) is 4.90 Å². The van der Waals surface area contributed by atoms with Crippen LogP contribution in [0.4, 0.5) is 8.78 Å². The molecule has 110 valence electrons. The highest BCUT2D eigenvalue weighted by Crippen LogP contribution is 2.30. The average molecular weight is 299 g/mol. The monoisotopic (exact) mass is 299 g/mol. The molecule has 0 bridgehead atoms. The maximum absolute atomic E-state index is 13.6. The van der Waals surface area contributed by atoms with Gasteiger partial charge in [0.05, 0.1) is 12.1 Å². The summed E-state index contributed by atoms with van der Waals surface area (Å²) in [4.78, 5) is 14.1. The first-order valence-electron chi connectivity index (χ1n) is 6.72. The van der Waals surface area contributed by atoms with Crippen molar-refractivity contribution in [3.63, 3.8) is 0 Å². The Balaban J connectivity index is 2.02. The van der Waals surface area contributed by atoms with Crippen LogP contribution in [0.5, 0.6) is 0 Å². The second kappa shape index (κ2) is 6.22. The van der Waals surface area contributed by atoms with Crippen LogP contribution in [-0.2, 0) is 0 Å². The molecule has 1 aromatic rings. The van der Waals surface area contributed by atoms with Crippen LogP contribution in [0, 0.1) is 11.6 Å². The number of carbonyl (C=O) groups is 1. The highest BCUT2D eigenvalue weighted by molar-refractivity contribution is 8.00. The average Bonchev–Trinajstić information content (AvgIpc) is 2.54.